The van der Waals surface area contributed by atoms with Crippen molar-refractivity contribution in [3.63, 3.8) is 0 Å². The van der Waals surface area contributed by atoms with Gasteiger partial charge in [0.1, 0.15) is 17.5 Å². The van der Waals surface area contributed by atoms with Gasteiger partial charge in [-0.3, -0.25) is 4.98 Å². The summed E-state index contributed by atoms with van der Waals surface area (Å²) >= 11 is 12.6. The van der Waals surface area contributed by atoms with E-state index < -0.39 is 17.9 Å². The molecule has 34 heavy (non-hydrogen) atoms. The van der Waals surface area contributed by atoms with Crippen LogP contribution >= 0.6 is 23.2 Å². The van der Waals surface area contributed by atoms with Crippen LogP contribution in [0.5, 0.6) is 5.75 Å². The Kier molecular flexibility index (Phi) is 6.38. The van der Waals surface area contributed by atoms with E-state index in [0.29, 0.717) is 44.6 Å². The van der Waals surface area contributed by atoms with E-state index in [4.69, 9.17) is 37.8 Å². The molecule has 4 aromatic rings. The van der Waals surface area contributed by atoms with Gasteiger partial charge in [0.15, 0.2) is 12.0 Å². The van der Waals surface area contributed by atoms with E-state index in [2.05, 4.69) is 9.97 Å². The van der Waals surface area contributed by atoms with Gasteiger partial charge in [0.05, 0.1) is 15.6 Å². The second kappa shape index (κ2) is 9.44. The minimum absolute atomic E-state index is 0.247. The SMILES string of the molecule is C[C@@H](Oc1ccc2c(c1)c(-c1cnc(F)c(F)c1)nn2C1CCCCO1)c1c(Cl)cncc1Cl. The number of nitrogens with zero attached hydrogens (tertiary/aromatic N) is 4. The molecule has 6 nitrogen and oxygen atoms in total. The first-order valence-electron chi connectivity index (χ1n) is 10.8. The molecule has 0 aliphatic carbocycles. The van der Waals surface area contributed by atoms with Crippen LogP contribution in [0.4, 0.5) is 8.78 Å². The van der Waals surface area contributed by atoms with Crippen LogP contribution < -0.4 is 4.74 Å². The molecule has 1 aliphatic rings. The molecule has 1 unspecified atom stereocenters. The maximum absolute atomic E-state index is 14.0. The fourth-order valence-corrected chi connectivity index (χ4v) is 4.84. The number of halogens is 4. The smallest absolute Gasteiger partial charge is 0.248 e. The molecule has 10 heteroatoms. The molecule has 3 aromatic heterocycles. The van der Waals surface area contributed by atoms with Crippen molar-refractivity contribution < 1.29 is 18.3 Å². The Balaban J connectivity index is 1.58. The fraction of sp³-hybridized carbons (Fsp3) is 0.292. The van der Waals surface area contributed by atoms with Crippen LogP contribution in [-0.4, -0.2) is 26.4 Å². The van der Waals surface area contributed by atoms with Gasteiger partial charge >= 0.3 is 0 Å². The zero-order valence-corrected chi connectivity index (χ0v) is 19.7. The highest BCUT2D eigenvalue weighted by Crippen LogP contribution is 2.37. The van der Waals surface area contributed by atoms with Crippen LogP contribution in [0, 0.1) is 11.8 Å². The van der Waals surface area contributed by atoms with E-state index in [9.17, 15) is 8.78 Å². The lowest BCUT2D eigenvalue weighted by atomic mass is 10.1. The maximum Gasteiger partial charge on any atom is 0.248 e. The lowest BCUT2D eigenvalue weighted by Crippen LogP contribution is -2.19. The first kappa shape index (κ1) is 23.0. The lowest BCUT2D eigenvalue weighted by molar-refractivity contribution is -0.0365. The number of ether oxygens (including phenoxy) is 2. The predicted molar refractivity (Wildman–Crippen MR) is 125 cm³/mol. The zero-order chi connectivity index (χ0) is 23.8. The Bertz CT molecular complexity index is 1340. The highest BCUT2D eigenvalue weighted by Gasteiger charge is 2.23. The van der Waals surface area contributed by atoms with Crippen LogP contribution in [0.2, 0.25) is 10.0 Å². The van der Waals surface area contributed by atoms with E-state index in [1.807, 2.05) is 19.1 Å². The third-order valence-electron chi connectivity index (χ3n) is 5.79. The standard InChI is InChI=1S/C24H20Cl2F2N4O2/c1-13(22-17(25)11-29-12-18(22)26)34-15-5-6-20-16(9-15)23(14-8-19(27)24(28)30-10-14)31-32(20)21-4-2-3-7-33-21/h5-6,8-13,21H,2-4,7H2,1H3/t13-,21?/m1/s1. The Hall–Kier alpha value is -2.81. The summed E-state index contributed by atoms with van der Waals surface area (Å²) in [6.07, 6.45) is 6.38. The Morgan fingerprint density at radius 3 is 2.62 bits per heavy atom. The lowest BCUT2D eigenvalue weighted by Gasteiger charge is -2.23. The van der Waals surface area contributed by atoms with Crippen molar-refractivity contribution in [1.82, 2.24) is 19.7 Å². The summed E-state index contributed by atoms with van der Waals surface area (Å²) in [7, 11) is 0. The number of pyridine rings is 2. The quantitative estimate of drug-likeness (QED) is 0.276. The molecule has 0 radical (unpaired) electrons. The number of benzene rings is 1. The highest BCUT2D eigenvalue weighted by molar-refractivity contribution is 6.35. The van der Waals surface area contributed by atoms with E-state index >= 15 is 0 Å². The van der Waals surface area contributed by atoms with Crippen LogP contribution in [-0.2, 0) is 4.74 Å². The number of hydrogen-bond donors (Lipinski definition) is 0. The molecule has 0 saturated carbocycles. The van der Waals surface area contributed by atoms with Crippen molar-refractivity contribution in [2.24, 2.45) is 0 Å². The van der Waals surface area contributed by atoms with E-state index in [-0.39, 0.29) is 6.23 Å². The molecule has 5 rings (SSSR count). The summed E-state index contributed by atoms with van der Waals surface area (Å²) in [5, 5.41) is 6.21. The first-order valence-corrected chi connectivity index (χ1v) is 11.6. The highest BCUT2D eigenvalue weighted by atomic mass is 35.5. The second-order valence-electron chi connectivity index (χ2n) is 8.07. The first-order chi connectivity index (χ1) is 16.4. The number of aromatic nitrogens is 4. The van der Waals surface area contributed by atoms with Crippen molar-refractivity contribution in [3.8, 4) is 17.0 Å². The Morgan fingerprint density at radius 1 is 1.12 bits per heavy atom. The van der Waals surface area contributed by atoms with Crippen molar-refractivity contribution in [3.05, 3.63) is 70.2 Å². The fourth-order valence-electron chi connectivity index (χ4n) is 4.17. The summed E-state index contributed by atoms with van der Waals surface area (Å²) in [5.74, 6) is -1.67. The van der Waals surface area contributed by atoms with Gasteiger partial charge in [-0.05, 0) is 50.5 Å². The molecular weight excluding hydrogens is 485 g/mol. The number of hydrogen-bond acceptors (Lipinski definition) is 5. The molecule has 0 amide bonds. The predicted octanol–water partition coefficient (Wildman–Crippen LogP) is 6.92. The average molecular weight is 505 g/mol. The summed E-state index contributed by atoms with van der Waals surface area (Å²) in [5.41, 5.74) is 2.21. The summed E-state index contributed by atoms with van der Waals surface area (Å²) in [6, 6.07) is 6.58. The second-order valence-corrected chi connectivity index (χ2v) is 8.88. The maximum atomic E-state index is 14.0. The van der Waals surface area contributed by atoms with Crippen LogP contribution in [0.25, 0.3) is 22.2 Å². The van der Waals surface area contributed by atoms with E-state index in [1.54, 1.807) is 10.7 Å². The van der Waals surface area contributed by atoms with Crippen molar-refractivity contribution in [1.29, 1.82) is 0 Å². The summed E-state index contributed by atoms with van der Waals surface area (Å²) in [4.78, 5) is 7.50. The Morgan fingerprint density at radius 2 is 1.91 bits per heavy atom. The molecular formula is C24H20Cl2F2N4O2. The molecule has 176 valence electrons. The normalized spacial score (nSPS) is 17.1. The molecule has 0 spiro atoms. The molecule has 1 fully saturated rings. The summed E-state index contributed by atoms with van der Waals surface area (Å²) in [6.45, 7) is 2.47. The van der Waals surface area contributed by atoms with Crippen molar-refractivity contribution in [2.45, 2.75) is 38.5 Å². The minimum Gasteiger partial charge on any atom is -0.486 e. The molecule has 2 atom stereocenters. The third kappa shape index (κ3) is 4.33. The number of rotatable bonds is 5. The third-order valence-corrected chi connectivity index (χ3v) is 6.39. The van der Waals surface area contributed by atoms with Gasteiger partial charge < -0.3 is 9.47 Å². The monoisotopic (exact) mass is 504 g/mol. The van der Waals surface area contributed by atoms with Gasteiger partial charge in [0.25, 0.3) is 0 Å². The topological polar surface area (TPSA) is 62.1 Å². The van der Waals surface area contributed by atoms with Gasteiger partial charge in [-0.15, -0.1) is 0 Å². The molecule has 0 N–H and O–H groups in total. The largest absolute Gasteiger partial charge is 0.486 e. The Labute approximate surface area is 204 Å². The molecule has 0 bridgehead atoms. The average Bonchev–Trinajstić information content (AvgIpc) is 3.20. The van der Waals surface area contributed by atoms with Gasteiger partial charge in [0, 0.05) is 41.7 Å². The van der Waals surface area contributed by atoms with Gasteiger partial charge in [-0.1, -0.05) is 23.2 Å². The van der Waals surface area contributed by atoms with E-state index in [0.717, 1.165) is 30.8 Å². The van der Waals surface area contributed by atoms with Crippen molar-refractivity contribution in [2.75, 3.05) is 6.61 Å². The van der Waals surface area contributed by atoms with Crippen LogP contribution in [0.3, 0.4) is 0 Å². The van der Waals surface area contributed by atoms with Crippen LogP contribution in [0.15, 0.2) is 42.9 Å². The van der Waals surface area contributed by atoms with Crippen molar-refractivity contribution >= 4 is 34.1 Å². The summed E-state index contributed by atoms with van der Waals surface area (Å²) < 4.78 is 41.3. The molecule has 4 heterocycles. The molecule has 1 aromatic carbocycles. The number of fused-ring (bicyclic) bond motifs is 1. The van der Waals surface area contributed by atoms with Crippen LogP contribution in [0.1, 0.15) is 44.1 Å². The zero-order valence-electron chi connectivity index (χ0n) is 18.1. The van der Waals surface area contributed by atoms with Gasteiger partial charge in [-0.2, -0.15) is 9.49 Å². The van der Waals surface area contributed by atoms with Gasteiger partial charge in [0.2, 0.25) is 5.95 Å². The molecule has 1 saturated heterocycles. The molecule has 1 aliphatic heterocycles. The van der Waals surface area contributed by atoms with Gasteiger partial charge in [-0.25, -0.2) is 14.1 Å². The van der Waals surface area contributed by atoms with E-state index in [1.165, 1.54) is 18.6 Å². The minimum atomic E-state index is -1.16.